The van der Waals surface area contributed by atoms with Crippen molar-refractivity contribution in [1.29, 1.82) is 5.26 Å². The lowest BCUT2D eigenvalue weighted by atomic mass is 10.1. The van der Waals surface area contributed by atoms with Crippen LogP contribution in [0.2, 0.25) is 5.02 Å². The van der Waals surface area contributed by atoms with E-state index < -0.39 is 5.91 Å². The first-order chi connectivity index (χ1) is 16.4. The Kier molecular flexibility index (Phi) is 9.05. The van der Waals surface area contributed by atoms with E-state index in [1.165, 1.54) is 0 Å². The number of nitriles is 1. The normalized spacial score (nSPS) is 14.5. The number of imide groups is 1. The maximum Gasteiger partial charge on any atom is 0.293 e. The highest BCUT2D eigenvalue weighted by Crippen LogP contribution is 2.33. The zero-order chi connectivity index (χ0) is 24.5. The zero-order valence-corrected chi connectivity index (χ0v) is 19.9. The maximum atomic E-state index is 12.6. The second-order valence-electron chi connectivity index (χ2n) is 7.48. The molecule has 0 saturated carbocycles. The predicted molar refractivity (Wildman–Crippen MR) is 134 cm³/mol. The summed E-state index contributed by atoms with van der Waals surface area (Å²) in [5.74, 6) is -0.647. The fourth-order valence-electron chi connectivity index (χ4n) is 3.36. The van der Waals surface area contributed by atoms with Gasteiger partial charge in [0.05, 0.1) is 23.1 Å². The van der Waals surface area contributed by atoms with Crippen molar-refractivity contribution in [2.24, 2.45) is 0 Å². The summed E-state index contributed by atoms with van der Waals surface area (Å²) in [6.45, 7) is 5.02. The molecule has 0 radical (unpaired) electrons. The van der Waals surface area contributed by atoms with Gasteiger partial charge >= 0.3 is 0 Å². The second-order valence-corrected chi connectivity index (χ2v) is 8.88. The van der Waals surface area contributed by atoms with Crippen molar-refractivity contribution in [2.45, 2.75) is 6.54 Å². The summed E-state index contributed by atoms with van der Waals surface area (Å²) in [6, 6.07) is 16.4. The summed E-state index contributed by atoms with van der Waals surface area (Å²) >= 11 is 6.99. The number of benzene rings is 2. The zero-order valence-electron chi connectivity index (χ0n) is 18.4. The van der Waals surface area contributed by atoms with E-state index in [0.29, 0.717) is 34.1 Å². The Labute approximate surface area is 207 Å². The van der Waals surface area contributed by atoms with Crippen molar-refractivity contribution in [1.82, 2.24) is 15.1 Å². The molecule has 0 bridgehead atoms. The number of hydrogen-bond donors (Lipinski definition) is 1. The molecule has 1 fully saturated rings. The van der Waals surface area contributed by atoms with Gasteiger partial charge in [0.15, 0.2) is 0 Å². The smallest absolute Gasteiger partial charge is 0.293 e. The first kappa shape index (κ1) is 25.2. The summed E-state index contributed by atoms with van der Waals surface area (Å²) in [5, 5.41) is 11.9. The van der Waals surface area contributed by atoms with Crippen molar-refractivity contribution < 1.29 is 14.4 Å². The van der Waals surface area contributed by atoms with E-state index in [0.717, 1.165) is 22.2 Å². The topological polar surface area (TPSA) is 93.5 Å². The van der Waals surface area contributed by atoms with E-state index in [9.17, 15) is 14.4 Å². The molecule has 0 unspecified atom stereocenters. The molecule has 1 heterocycles. The quantitative estimate of drug-likeness (QED) is 0.395. The third kappa shape index (κ3) is 6.81. The van der Waals surface area contributed by atoms with Gasteiger partial charge < -0.3 is 5.32 Å². The third-order valence-corrected chi connectivity index (χ3v) is 6.19. The molecule has 34 heavy (non-hydrogen) atoms. The summed E-state index contributed by atoms with van der Waals surface area (Å²) in [6.07, 6.45) is 3.30. The number of carbonyl (C=O) groups excluding carboxylic acids is 3. The first-order valence-corrected chi connectivity index (χ1v) is 11.7. The van der Waals surface area contributed by atoms with Crippen LogP contribution in [0.15, 0.2) is 66.1 Å². The van der Waals surface area contributed by atoms with Gasteiger partial charge in [-0.2, -0.15) is 5.26 Å². The van der Waals surface area contributed by atoms with Crippen LogP contribution in [-0.4, -0.2) is 53.0 Å². The Morgan fingerprint density at radius 3 is 2.76 bits per heavy atom. The Morgan fingerprint density at radius 1 is 1.24 bits per heavy atom. The first-order valence-electron chi connectivity index (χ1n) is 10.5. The minimum atomic E-state index is -0.408. The molecular weight excluding hydrogens is 472 g/mol. The second kappa shape index (κ2) is 12.2. The molecule has 7 nitrogen and oxygen atoms in total. The van der Waals surface area contributed by atoms with Gasteiger partial charge in [0, 0.05) is 31.2 Å². The minimum Gasteiger partial charge on any atom is -0.353 e. The Hall–Kier alpha value is -3.38. The largest absolute Gasteiger partial charge is 0.353 e. The van der Waals surface area contributed by atoms with Crippen LogP contribution in [0.25, 0.3) is 6.08 Å². The molecule has 1 aliphatic rings. The Morgan fingerprint density at radius 2 is 2.03 bits per heavy atom. The summed E-state index contributed by atoms with van der Waals surface area (Å²) in [5.41, 5.74) is 2.13. The fraction of sp³-hybridized carbons (Fsp3) is 0.200. The van der Waals surface area contributed by atoms with Crippen molar-refractivity contribution in [3.63, 3.8) is 0 Å². The molecular formula is C25H23ClN4O3S. The van der Waals surface area contributed by atoms with E-state index in [2.05, 4.69) is 18.0 Å². The monoisotopic (exact) mass is 494 g/mol. The lowest BCUT2D eigenvalue weighted by Gasteiger charge is -2.21. The molecule has 2 aromatic carbocycles. The molecule has 0 atom stereocenters. The lowest BCUT2D eigenvalue weighted by molar-refractivity contribution is -0.124. The van der Waals surface area contributed by atoms with Crippen molar-refractivity contribution >= 4 is 46.5 Å². The highest BCUT2D eigenvalue weighted by molar-refractivity contribution is 8.18. The molecule has 2 aromatic rings. The van der Waals surface area contributed by atoms with Crippen LogP contribution in [0.4, 0.5) is 4.79 Å². The minimum absolute atomic E-state index is 0.0714. The van der Waals surface area contributed by atoms with Gasteiger partial charge in [-0.25, -0.2) is 0 Å². The number of nitrogens with one attached hydrogen (secondary N) is 1. The SMILES string of the molecule is C=CCN(CC(=O)NCCN1C(=O)S/C(=C\c2ccccc2Cl)C1=O)Cc1cccc(C#N)c1. The standard InChI is InChI=1S/C25H23ClN4O3S/c1-2-11-29(16-19-7-5-6-18(13-19)15-27)17-23(31)28-10-12-30-24(32)22(34-25(30)33)14-20-8-3-4-9-21(20)26/h2-9,13-14H,1,10-12,16-17H2,(H,28,31)/b22-14-. The van der Waals surface area contributed by atoms with Gasteiger partial charge in [0.25, 0.3) is 11.1 Å². The number of thioether (sulfide) groups is 1. The average molecular weight is 495 g/mol. The molecule has 0 aliphatic carbocycles. The van der Waals surface area contributed by atoms with Crippen LogP contribution in [0.1, 0.15) is 16.7 Å². The highest BCUT2D eigenvalue weighted by atomic mass is 35.5. The fourth-order valence-corrected chi connectivity index (χ4v) is 4.40. The molecule has 0 spiro atoms. The average Bonchev–Trinajstić information content (AvgIpc) is 3.08. The number of rotatable bonds is 10. The van der Waals surface area contributed by atoms with Crippen molar-refractivity contribution in [3.05, 3.63) is 87.8 Å². The third-order valence-electron chi connectivity index (χ3n) is 4.94. The molecule has 1 N–H and O–H groups in total. The van der Waals surface area contributed by atoms with Crippen LogP contribution in [-0.2, 0) is 16.1 Å². The number of nitrogens with zero attached hydrogens (tertiary/aromatic N) is 3. The molecule has 3 rings (SSSR count). The van der Waals surface area contributed by atoms with Crippen LogP contribution in [0.3, 0.4) is 0 Å². The molecule has 1 saturated heterocycles. The van der Waals surface area contributed by atoms with Crippen LogP contribution < -0.4 is 5.32 Å². The van der Waals surface area contributed by atoms with Crippen molar-refractivity contribution in [2.75, 3.05) is 26.2 Å². The molecule has 0 aromatic heterocycles. The highest BCUT2D eigenvalue weighted by Gasteiger charge is 2.34. The number of carbonyl (C=O) groups is 3. The van der Waals surface area contributed by atoms with Crippen molar-refractivity contribution in [3.8, 4) is 6.07 Å². The van der Waals surface area contributed by atoms with E-state index in [4.69, 9.17) is 16.9 Å². The van der Waals surface area contributed by atoms with E-state index in [-0.39, 0.29) is 30.8 Å². The molecule has 1 aliphatic heterocycles. The molecule has 174 valence electrons. The van der Waals surface area contributed by atoms with Crippen LogP contribution in [0.5, 0.6) is 0 Å². The number of halogens is 1. The summed E-state index contributed by atoms with van der Waals surface area (Å²) < 4.78 is 0. The Balaban J connectivity index is 1.52. The Bertz CT molecular complexity index is 1170. The predicted octanol–water partition coefficient (Wildman–Crippen LogP) is 4.05. The van der Waals surface area contributed by atoms with Gasteiger partial charge in [0.1, 0.15) is 0 Å². The maximum absolute atomic E-state index is 12.6. The van der Waals surface area contributed by atoms with Gasteiger partial charge in [-0.3, -0.25) is 24.2 Å². The van der Waals surface area contributed by atoms with E-state index in [1.54, 1.807) is 54.6 Å². The number of hydrogen-bond acceptors (Lipinski definition) is 6. The molecule has 9 heteroatoms. The molecule has 3 amide bonds. The summed E-state index contributed by atoms with van der Waals surface area (Å²) in [7, 11) is 0. The van der Waals surface area contributed by atoms with Gasteiger partial charge in [-0.05, 0) is 47.2 Å². The van der Waals surface area contributed by atoms with Gasteiger partial charge in [-0.1, -0.05) is 48.0 Å². The van der Waals surface area contributed by atoms with E-state index >= 15 is 0 Å². The lowest BCUT2D eigenvalue weighted by Crippen LogP contribution is -2.41. The van der Waals surface area contributed by atoms with Crippen LogP contribution in [0, 0.1) is 11.3 Å². The van der Waals surface area contributed by atoms with Gasteiger partial charge in [-0.15, -0.1) is 6.58 Å². The van der Waals surface area contributed by atoms with Gasteiger partial charge in [0.2, 0.25) is 5.91 Å². The van der Waals surface area contributed by atoms with Crippen LogP contribution >= 0.6 is 23.4 Å². The van der Waals surface area contributed by atoms with E-state index in [1.807, 2.05) is 11.0 Å². The number of amides is 3. The summed E-state index contributed by atoms with van der Waals surface area (Å²) in [4.78, 5) is 40.7.